The Morgan fingerprint density at radius 2 is 1.94 bits per heavy atom. The maximum atomic E-state index is 14.9. The van der Waals surface area contributed by atoms with Gasteiger partial charge in [0.2, 0.25) is 0 Å². The highest BCUT2D eigenvalue weighted by atomic mass is 19.1. The predicted molar refractivity (Wildman–Crippen MR) is 129 cm³/mol. The highest BCUT2D eigenvalue weighted by Gasteiger charge is 2.35. The first-order valence-electron chi connectivity index (χ1n) is 12.3. The molecule has 3 aliphatic heterocycles. The van der Waals surface area contributed by atoms with Crippen molar-refractivity contribution in [3.05, 3.63) is 63.5 Å². The Balaban J connectivity index is 1.37. The Morgan fingerprint density at radius 1 is 1.14 bits per heavy atom. The van der Waals surface area contributed by atoms with E-state index in [-0.39, 0.29) is 18.1 Å². The van der Waals surface area contributed by atoms with Gasteiger partial charge in [-0.1, -0.05) is 6.07 Å². The van der Waals surface area contributed by atoms with Gasteiger partial charge in [-0.3, -0.25) is 9.59 Å². The van der Waals surface area contributed by atoms with Crippen molar-refractivity contribution < 1.29 is 33.3 Å². The SMILES string of the molecule is Cc1c(Cc2ccc(C(=O)NC3(C)COC3)c(F)c2)cc(C(=O)N[C@H]2CCOC[C@@H]2O)c2c1CCO2. The van der Waals surface area contributed by atoms with Crippen LogP contribution in [-0.2, 0) is 22.3 Å². The number of carbonyl (C=O) groups is 2. The predicted octanol–water partition coefficient (Wildman–Crippen LogP) is 2.06. The van der Waals surface area contributed by atoms with E-state index in [1.54, 1.807) is 12.1 Å². The Labute approximate surface area is 209 Å². The molecule has 2 fully saturated rings. The van der Waals surface area contributed by atoms with Crippen LogP contribution in [0.1, 0.15) is 56.3 Å². The molecule has 0 saturated carbocycles. The third-order valence-electron chi connectivity index (χ3n) is 7.19. The molecule has 9 heteroatoms. The molecule has 192 valence electrons. The highest BCUT2D eigenvalue weighted by Crippen LogP contribution is 2.35. The van der Waals surface area contributed by atoms with Crippen LogP contribution < -0.4 is 15.4 Å². The lowest BCUT2D eigenvalue weighted by atomic mass is 9.91. The van der Waals surface area contributed by atoms with Crippen LogP contribution in [0.25, 0.3) is 0 Å². The molecule has 0 aromatic heterocycles. The van der Waals surface area contributed by atoms with Gasteiger partial charge in [0, 0.05) is 18.6 Å². The summed E-state index contributed by atoms with van der Waals surface area (Å²) in [6, 6.07) is 6.00. The van der Waals surface area contributed by atoms with Gasteiger partial charge in [0.05, 0.1) is 55.2 Å². The summed E-state index contributed by atoms with van der Waals surface area (Å²) in [5.74, 6) is -0.804. The number of carbonyl (C=O) groups excluding carboxylic acids is 2. The first-order valence-corrected chi connectivity index (χ1v) is 12.3. The van der Waals surface area contributed by atoms with E-state index in [0.717, 1.165) is 16.7 Å². The van der Waals surface area contributed by atoms with Gasteiger partial charge >= 0.3 is 0 Å². The second-order valence-electron chi connectivity index (χ2n) is 10.1. The molecule has 2 amide bonds. The molecule has 3 aliphatic rings. The molecule has 5 rings (SSSR count). The number of hydrogen-bond acceptors (Lipinski definition) is 6. The molecule has 8 nitrogen and oxygen atoms in total. The Kier molecular flexibility index (Phi) is 6.72. The first kappa shape index (κ1) is 24.7. The van der Waals surface area contributed by atoms with Crippen molar-refractivity contribution in [3.8, 4) is 5.75 Å². The van der Waals surface area contributed by atoms with Gasteiger partial charge in [-0.25, -0.2) is 4.39 Å². The van der Waals surface area contributed by atoms with Crippen LogP contribution in [0.15, 0.2) is 24.3 Å². The van der Waals surface area contributed by atoms with E-state index in [1.807, 2.05) is 13.8 Å². The summed E-state index contributed by atoms with van der Waals surface area (Å²) in [6.07, 6.45) is 0.842. The quantitative estimate of drug-likeness (QED) is 0.563. The monoisotopic (exact) mass is 498 g/mol. The summed E-state index contributed by atoms with van der Waals surface area (Å²) < 4.78 is 31.1. The summed E-state index contributed by atoms with van der Waals surface area (Å²) in [6.45, 7) is 5.80. The van der Waals surface area contributed by atoms with Crippen molar-refractivity contribution >= 4 is 11.8 Å². The molecule has 3 heterocycles. The summed E-state index contributed by atoms with van der Waals surface area (Å²) in [7, 11) is 0. The molecule has 36 heavy (non-hydrogen) atoms. The van der Waals surface area contributed by atoms with Gasteiger partial charge in [0.1, 0.15) is 11.6 Å². The maximum Gasteiger partial charge on any atom is 0.255 e. The van der Waals surface area contributed by atoms with E-state index >= 15 is 0 Å². The number of halogens is 1. The minimum absolute atomic E-state index is 0.0129. The zero-order valence-electron chi connectivity index (χ0n) is 20.5. The van der Waals surface area contributed by atoms with Gasteiger partial charge in [-0.15, -0.1) is 0 Å². The van der Waals surface area contributed by atoms with Crippen LogP contribution in [-0.4, -0.2) is 67.6 Å². The van der Waals surface area contributed by atoms with E-state index in [1.165, 1.54) is 12.1 Å². The van der Waals surface area contributed by atoms with Crippen LogP contribution in [0.3, 0.4) is 0 Å². The fourth-order valence-electron chi connectivity index (χ4n) is 4.98. The van der Waals surface area contributed by atoms with Crippen molar-refractivity contribution in [1.82, 2.24) is 10.6 Å². The fourth-order valence-corrected chi connectivity index (χ4v) is 4.98. The molecule has 0 aliphatic carbocycles. The Morgan fingerprint density at radius 3 is 2.64 bits per heavy atom. The smallest absolute Gasteiger partial charge is 0.255 e. The standard InChI is InChI=1S/C27H31FN2O6/c1-15-17(9-16-3-4-19(21(28)10-16)26(33)30-27(2)13-35-14-27)11-20(24-18(15)5-8-36-24)25(32)29-22-6-7-34-12-23(22)31/h3-4,10-11,22-23,31H,5-9,12-14H2,1-2H3,(H,29,32)(H,30,33)/t22-,23-/m0/s1. The van der Waals surface area contributed by atoms with E-state index in [2.05, 4.69) is 10.6 Å². The topological polar surface area (TPSA) is 106 Å². The molecular weight excluding hydrogens is 467 g/mol. The van der Waals surface area contributed by atoms with Crippen molar-refractivity contribution in [2.24, 2.45) is 0 Å². The summed E-state index contributed by atoms with van der Waals surface area (Å²) in [5.41, 5.74) is 3.48. The molecule has 0 spiro atoms. The van der Waals surface area contributed by atoms with Gasteiger partial charge in [-0.05, 0) is 61.6 Å². The van der Waals surface area contributed by atoms with E-state index in [0.29, 0.717) is 62.6 Å². The number of fused-ring (bicyclic) bond motifs is 1. The average Bonchev–Trinajstić information content (AvgIpc) is 3.31. The summed E-state index contributed by atoms with van der Waals surface area (Å²) in [4.78, 5) is 25.7. The lowest BCUT2D eigenvalue weighted by Crippen LogP contribution is -2.60. The number of amides is 2. The van der Waals surface area contributed by atoms with Crippen molar-refractivity contribution in [2.75, 3.05) is 33.0 Å². The number of aliphatic hydroxyl groups is 1. The Hall–Kier alpha value is -3.01. The molecule has 0 bridgehead atoms. The van der Waals surface area contributed by atoms with Crippen molar-refractivity contribution in [2.45, 2.75) is 50.8 Å². The van der Waals surface area contributed by atoms with Crippen LogP contribution in [0, 0.1) is 12.7 Å². The minimum Gasteiger partial charge on any atom is -0.492 e. The first-order chi connectivity index (χ1) is 17.2. The molecule has 2 aromatic rings. The second-order valence-corrected chi connectivity index (χ2v) is 10.1. The number of rotatable bonds is 6. The van der Waals surface area contributed by atoms with E-state index in [9.17, 15) is 19.1 Å². The van der Waals surface area contributed by atoms with E-state index < -0.39 is 29.4 Å². The van der Waals surface area contributed by atoms with Crippen LogP contribution in [0.5, 0.6) is 5.75 Å². The highest BCUT2D eigenvalue weighted by molar-refractivity contribution is 5.98. The largest absolute Gasteiger partial charge is 0.492 e. The molecular formula is C27H31FN2O6. The number of nitrogens with one attached hydrogen (secondary N) is 2. The third-order valence-corrected chi connectivity index (χ3v) is 7.19. The number of benzene rings is 2. The van der Waals surface area contributed by atoms with Gasteiger partial charge in [0.25, 0.3) is 11.8 Å². The molecule has 2 aromatic carbocycles. The zero-order valence-corrected chi connectivity index (χ0v) is 20.5. The summed E-state index contributed by atoms with van der Waals surface area (Å²) >= 11 is 0. The maximum absolute atomic E-state index is 14.9. The molecule has 2 atom stereocenters. The molecule has 0 radical (unpaired) electrons. The van der Waals surface area contributed by atoms with E-state index in [4.69, 9.17) is 14.2 Å². The van der Waals surface area contributed by atoms with Crippen molar-refractivity contribution in [1.29, 1.82) is 0 Å². The number of ether oxygens (including phenoxy) is 3. The third kappa shape index (κ3) is 4.83. The Bertz CT molecular complexity index is 1200. The summed E-state index contributed by atoms with van der Waals surface area (Å²) in [5, 5.41) is 15.9. The average molecular weight is 499 g/mol. The number of aliphatic hydroxyl groups excluding tert-OH is 1. The normalized spacial score (nSPS) is 22.2. The lowest BCUT2D eigenvalue weighted by molar-refractivity contribution is -0.0594. The van der Waals surface area contributed by atoms with Gasteiger partial charge < -0.3 is 30.0 Å². The van der Waals surface area contributed by atoms with Crippen LogP contribution >= 0.6 is 0 Å². The molecule has 3 N–H and O–H groups in total. The van der Waals surface area contributed by atoms with Crippen LogP contribution in [0.4, 0.5) is 4.39 Å². The molecule has 2 saturated heterocycles. The molecule has 0 unspecified atom stereocenters. The van der Waals surface area contributed by atoms with Gasteiger partial charge in [0.15, 0.2) is 0 Å². The fraction of sp³-hybridized carbons (Fsp3) is 0.481. The number of hydrogen-bond donors (Lipinski definition) is 3. The minimum atomic E-state index is -0.764. The zero-order chi connectivity index (χ0) is 25.4. The lowest BCUT2D eigenvalue weighted by Gasteiger charge is -2.38. The van der Waals surface area contributed by atoms with Gasteiger partial charge in [-0.2, -0.15) is 0 Å². The van der Waals surface area contributed by atoms with Crippen molar-refractivity contribution in [3.63, 3.8) is 0 Å². The second kappa shape index (κ2) is 9.80. The van der Waals surface area contributed by atoms with Crippen LogP contribution in [0.2, 0.25) is 0 Å².